The quantitative estimate of drug-likeness (QED) is 0.858. The molecule has 4 nitrogen and oxygen atoms in total. The summed E-state index contributed by atoms with van der Waals surface area (Å²) in [5.41, 5.74) is 6.45. The van der Waals surface area contributed by atoms with Crippen molar-refractivity contribution in [3.05, 3.63) is 34.3 Å². The van der Waals surface area contributed by atoms with E-state index in [4.69, 9.17) is 10.5 Å². The largest absolute Gasteiger partial charge is 0.388 e. The molecule has 0 amide bonds. The Morgan fingerprint density at radius 2 is 2.05 bits per heavy atom. The van der Waals surface area contributed by atoms with Crippen LogP contribution < -0.4 is 5.73 Å². The molecule has 0 spiro atoms. The maximum absolute atomic E-state index is 10.6. The zero-order valence-corrected chi connectivity index (χ0v) is 13.5. The SMILES string of the molecule is CN(CC1(O)CCOCC1)C(CN)c1ccccc1Br. The van der Waals surface area contributed by atoms with E-state index in [2.05, 4.69) is 26.9 Å². The highest BCUT2D eigenvalue weighted by atomic mass is 79.9. The smallest absolute Gasteiger partial charge is 0.0818 e. The molecule has 112 valence electrons. The van der Waals surface area contributed by atoms with Gasteiger partial charge in [0.2, 0.25) is 0 Å². The van der Waals surface area contributed by atoms with Crippen LogP contribution in [-0.4, -0.2) is 49.0 Å². The summed E-state index contributed by atoms with van der Waals surface area (Å²) in [6, 6.07) is 8.20. The van der Waals surface area contributed by atoms with Crippen LogP contribution in [0.4, 0.5) is 0 Å². The maximum Gasteiger partial charge on any atom is 0.0818 e. The second-order valence-corrected chi connectivity index (χ2v) is 6.38. The molecule has 1 aliphatic rings. The Hall–Kier alpha value is -0.460. The number of benzene rings is 1. The molecule has 1 heterocycles. The van der Waals surface area contributed by atoms with Crippen molar-refractivity contribution in [3.8, 4) is 0 Å². The Kier molecular flexibility index (Phi) is 5.57. The van der Waals surface area contributed by atoms with Crippen LogP contribution in [0.15, 0.2) is 28.7 Å². The second kappa shape index (κ2) is 7.00. The summed E-state index contributed by atoms with van der Waals surface area (Å²) in [5, 5.41) is 10.6. The van der Waals surface area contributed by atoms with E-state index in [-0.39, 0.29) is 6.04 Å². The maximum atomic E-state index is 10.6. The third-order valence-electron chi connectivity index (χ3n) is 3.99. The zero-order valence-electron chi connectivity index (χ0n) is 11.9. The Morgan fingerprint density at radius 1 is 1.40 bits per heavy atom. The molecule has 1 fully saturated rings. The molecule has 1 aromatic rings. The third-order valence-corrected chi connectivity index (χ3v) is 4.71. The monoisotopic (exact) mass is 342 g/mol. The molecule has 0 aliphatic carbocycles. The lowest BCUT2D eigenvalue weighted by molar-refractivity contribution is -0.0812. The van der Waals surface area contributed by atoms with Gasteiger partial charge in [0.1, 0.15) is 0 Å². The van der Waals surface area contributed by atoms with Crippen molar-refractivity contribution in [3.63, 3.8) is 0 Å². The normalized spacial score (nSPS) is 20.1. The predicted octanol–water partition coefficient (Wildman–Crippen LogP) is 1.92. The van der Waals surface area contributed by atoms with Gasteiger partial charge < -0.3 is 15.6 Å². The van der Waals surface area contributed by atoms with Crippen LogP contribution >= 0.6 is 15.9 Å². The lowest BCUT2D eigenvalue weighted by Gasteiger charge is -2.38. The van der Waals surface area contributed by atoms with Crippen molar-refractivity contribution in [2.45, 2.75) is 24.5 Å². The fourth-order valence-corrected chi connectivity index (χ4v) is 3.32. The average molecular weight is 343 g/mol. The van der Waals surface area contributed by atoms with Crippen molar-refractivity contribution in [2.24, 2.45) is 5.73 Å². The lowest BCUT2D eigenvalue weighted by atomic mass is 9.92. The van der Waals surface area contributed by atoms with Gasteiger partial charge in [0, 0.05) is 49.7 Å². The summed E-state index contributed by atoms with van der Waals surface area (Å²) < 4.78 is 6.38. The highest BCUT2D eigenvalue weighted by molar-refractivity contribution is 9.10. The van der Waals surface area contributed by atoms with Crippen LogP contribution in [0, 0.1) is 0 Å². The first-order valence-electron chi connectivity index (χ1n) is 7.00. The molecule has 2 rings (SSSR count). The van der Waals surface area contributed by atoms with E-state index in [1.807, 2.05) is 25.2 Å². The molecule has 0 radical (unpaired) electrons. The van der Waals surface area contributed by atoms with Gasteiger partial charge in [-0.15, -0.1) is 0 Å². The third kappa shape index (κ3) is 3.80. The van der Waals surface area contributed by atoms with Crippen LogP contribution in [0.2, 0.25) is 0 Å². The molecule has 5 heteroatoms. The van der Waals surface area contributed by atoms with Gasteiger partial charge in [-0.25, -0.2) is 0 Å². The minimum absolute atomic E-state index is 0.0949. The molecule has 0 bridgehead atoms. The van der Waals surface area contributed by atoms with Gasteiger partial charge in [-0.2, -0.15) is 0 Å². The predicted molar refractivity (Wildman–Crippen MR) is 83.6 cm³/mol. The Balaban J connectivity index is 2.09. The van der Waals surface area contributed by atoms with E-state index in [0.717, 1.165) is 10.0 Å². The number of rotatable bonds is 5. The second-order valence-electron chi connectivity index (χ2n) is 5.52. The first kappa shape index (κ1) is 15.9. The van der Waals surface area contributed by atoms with Crippen LogP contribution in [0.3, 0.4) is 0 Å². The number of hydrogen-bond donors (Lipinski definition) is 2. The minimum atomic E-state index is -0.665. The summed E-state index contributed by atoms with van der Waals surface area (Å²) in [7, 11) is 2.02. The first-order valence-corrected chi connectivity index (χ1v) is 7.80. The molecular weight excluding hydrogens is 320 g/mol. The topological polar surface area (TPSA) is 58.7 Å². The minimum Gasteiger partial charge on any atom is -0.388 e. The van der Waals surface area contributed by atoms with Gasteiger partial charge in [0.25, 0.3) is 0 Å². The number of aliphatic hydroxyl groups is 1. The zero-order chi connectivity index (χ0) is 14.6. The van der Waals surface area contributed by atoms with Gasteiger partial charge in [0.05, 0.1) is 5.60 Å². The lowest BCUT2D eigenvalue weighted by Crippen LogP contribution is -2.47. The molecule has 20 heavy (non-hydrogen) atoms. The van der Waals surface area contributed by atoms with Crippen molar-refractivity contribution in [2.75, 3.05) is 33.4 Å². The molecule has 0 aromatic heterocycles. The van der Waals surface area contributed by atoms with E-state index in [9.17, 15) is 5.11 Å². The summed E-state index contributed by atoms with van der Waals surface area (Å²) in [5.74, 6) is 0. The van der Waals surface area contributed by atoms with Gasteiger partial charge in [-0.1, -0.05) is 34.1 Å². The van der Waals surface area contributed by atoms with Crippen molar-refractivity contribution >= 4 is 15.9 Å². The average Bonchev–Trinajstić information content (AvgIpc) is 2.42. The van der Waals surface area contributed by atoms with Crippen molar-refractivity contribution < 1.29 is 9.84 Å². The van der Waals surface area contributed by atoms with E-state index in [0.29, 0.717) is 39.1 Å². The van der Waals surface area contributed by atoms with Crippen LogP contribution in [0.1, 0.15) is 24.4 Å². The fourth-order valence-electron chi connectivity index (χ4n) is 2.77. The molecular formula is C15H23BrN2O2. The van der Waals surface area contributed by atoms with E-state index < -0.39 is 5.60 Å². The number of nitrogens with zero attached hydrogens (tertiary/aromatic N) is 1. The van der Waals surface area contributed by atoms with Crippen molar-refractivity contribution in [1.29, 1.82) is 0 Å². The Labute approximate surface area is 129 Å². The van der Waals surface area contributed by atoms with Crippen LogP contribution in [0.25, 0.3) is 0 Å². The molecule has 0 saturated carbocycles. The fraction of sp³-hybridized carbons (Fsp3) is 0.600. The summed E-state index contributed by atoms with van der Waals surface area (Å²) >= 11 is 3.58. The van der Waals surface area contributed by atoms with E-state index in [1.54, 1.807) is 0 Å². The molecule has 1 atom stereocenters. The number of halogens is 1. The van der Waals surface area contributed by atoms with E-state index in [1.165, 1.54) is 0 Å². The molecule has 1 aliphatic heterocycles. The number of nitrogens with two attached hydrogens (primary N) is 1. The Morgan fingerprint density at radius 3 is 2.65 bits per heavy atom. The summed E-state index contributed by atoms with van der Waals surface area (Å²) in [4.78, 5) is 2.14. The van der Waals surface area contributed by atoms with Gasteiger partial charge in [0.15, 0.2) is 0 Å². The number of hydrogen-bond acceptors (Lipinski definition) is 4. The van der Waals surface area contributed by atoms with E-state index >= 15 is 0 Å². The standard InChI is InChI=1S/C15H23BrN2O2/c1-18(11-15(19)6-8-20-9-7-15)14(10-17)12-4-2-3-5-13(12)16/h2-5,14,19H,6-11,17H2,1H3. The Bertz CT molecular complexity index is 436. The molecule has 1 unspecified atom stereocenters. The van der Waals surface area contributed by atoms with Crippen LogP contribution in [-0.2, 0) is 4.74 Å². The van der Waals surface area contributed by atoms with Gasteiger partial charge >= 0.3 is 0 Å². The molecule has 1 aromatic carbocycles. The molecule has 3 N–H and O–H groups in total. The first-order chi connectivity index (χ1) is 9.56. The van der Waals surface area contributed by atoms with Gasteiger partial charge in [-0.05, 0) is 18.7 Å². The molecule has 1 saturated heterocycles. The van der Waals surface area contributed by atoms with Gasteiger partial charge in [-0.3, -0.25) is 4.90 Å². The van der Waals surface area contributed by atoms with Crippen molar-refractivity contribution in [1.82, 2.24) is 4.90 Å². The highest BCUT2D eigenvalue weighted by Crippen LogP contribution is 2.29. The number of ether oxygens (including phenoxy) is 1. The van der Waals surface area contributed by atoms with Crippen LogP contribution in [0.5, 0.6) is 0 Å². The summed E-state index contributed by atoms with van der Waals surface area (Å²) in [6.45, 7) is 2.39. The number of likely N-dealkylation sites (N-methyl/N-ethyl adjacent to an activating group) is 1. The highest BCUT2D eigenvalue weighted by Gasteiger charge is 2.33. The summed E-state index contributed by atoms with van der Waals surface area (Å²) in [6.07, 6.45) is 1.37.